The van der Waals surface area contributed by atoms with Gasteiger partial charge in [-0.1, -0.05) is 41.4 Å². The molecule has 0 saturated carbocycles. The van der Waals surface area contributed by atoms with Crippen molar-refractivity contribution >= 4 is 35.2 Å². The number of benzene rings is 1. The minimum absolute atomic E-state index is 0.339. The van der Waals surface area contributed by atoms with E-state index in [1.54, 1.807) is 19.1 Å². The summed E-state index contributed by atoms with van der Waals surface area (Å²) in [6.45, 7) is 3.97. The number of hydrogen-bond acceptors (Lipinski definition) is 2. The second-order valence-electron chi connectivity index (χ2n) is 3.65. The quantitative estimate of drug-likeness (QED) is 0.462. The summed E-state index contributed by atoms with van der Waals surface area (Å²) in [5.74, 6) is -0.339. The van der Waals surface area contributed by atoms with Crippen molar-refractivity contribution in [3.05, 3.63) is 51.5 Å². The van der Waals surface area contributed by atoms with Crippen LogP contribution < -0.4 is 0 Å². The van der Waals surface area contributed by atoms with Crippen molar-refractivity contribution < 1.29 is 9.53 Å². The van der Waals surface area contributed by atoms with E-state index in [2.05, 4.69) is 0 Å². The third kappa shape index (κ3) is 4.94. The second-order valence-corrected chi connectivity index (χ2v) is 4.46. The van der Waals surface area contributed by atoms with E-state index in [9.17, 15) is 4.79 Å². The van der Waals surface area contributed by atoms with Gasteiger partial charge in [0.25, 0.3) is 0 Å². The van der Waals surface area contributed by atoms with E-state index >= 15 is 0 Å². The minimum atomic E-state index is -0.339. The summed E-state index contributed by atoms with van der Waals surface area (Å²) in [4.78, 5) is 11.2. The third-order valence-electron chi connectivity index (χ3n) is 2.11. The van der Waals surface area contributed by atoms with Crippen LogP contribution in [0.25, 0.3) is 6.08 Å². The maximum Gasteiger partial charge on any atom is 0.330 e. The Morgan fingerprint density at radius 3 is 2.67 bits per heavy atom. The van der Waals surface area contributed by atoms with Gasteiger partial charge < -0.3 is 4.74 Å². The molecular formula is C14H14Cl2O2. The van der Waals surface area contributed by atoms with E-state index in [1.807, 2.05) is 25.1 Å². The molecule has 0 fully saturated rings. The summed E-state index contributed by atoms with van der Waals surface area (Å²) in [5, 5.41) is 1.03. The fraction of sp³-hybridized carbons (Fsp3) is 0.214. The first-order chi connectivity index (χ1) is 8.52. The fourth-order valence-electron chi connectivity index (χ4n) is 1.26. The topological polar surface area (TPSA) is 26.3 Å². The molecule has 18 heavy (non-hydrogen) atoms. The molecule has 0 spiro atoms. The third-order valence-corrected chi connectivity index (χ3v) is 2.85. The van der Waals surface area contributed by atoms with Crippen molar-refractivity contribution in [2.24, 2.45) is 0 Å². The molecule has 1 aromatic rings. The van der Waals surface area contributed by atoms with Crippen LogP contribution in [0.3, 0.4) is 0 Å². The number of esters is 1. The molecule has 0 bridgehead atoms. The Hall–Kier alpha value is -1.25. The summed E-state index contributed by atoms with van der Waals surface area (Å²) >= 11 is 11.7. The first-order valence-corrected chi connectivity index (χ1v) is 6.26. The molecule has 2 nitrogen and oxygen atoms in total. The number of halogens is 2. The molecular weight excluding hydrogens is 271 g/mol. The molecule has 0 unspecified atom stereocenters. The van der Waals surface area contributed by atoms with Crippen molar-refractivity contribution in [1.82, 2.24) is 0 Å². The standard InChI is InChI=1S/C14H14Cl2O2/c1-3-18-14(17)8-10(2)4-5-11-6-7-12(15)13(16)9-11/h4-9H,3H2,1-2H3. The number of allylic oxidation sites excluding steroid dienone is 2. The molecule has 0 saturated heterocycles. The van der Waals surface area contributed by atoms with Crippen molar-refractivity contribution in [3.63, 3.8) is 0 Å². The van der Waals surface area contributed by atoms with Gasteiger partial charge in [0.1, 0.15) is 0 Å². The Balaban J connectivity index is 2.74. The Labute approximate surface area is 117 Å². The van der Waals surface area contributed by atoms with Crippen LogP contribution in [0.2, 0.25) is 10.0 Å². The molecule has 0 aromatic heterocycles. The van der Waals surface area contributed by atoms with E-state index in [-0.39, 0.29) is 5.97 Å². The first-order valence-electron chi connectivity index (χ1n) is 5.51. The number of ether oxygens (including phenoxy) is 1. The van der Waals surface area contributed by atoms with Crippen LogP contribution in [0.15, 0.2) is 35.9 Å². The van der Waals surface area contributed by atoms with Gasteiger partial charge in [0.2, 0.25) is 0 Å². The number of hydrogen-bond donors (Lipinski definition) is 0. The van der Waals surface area contributed by atoms with Crippen LogP contribution in [0.4, 0.5) is 0 Å². The molecule has 0 N–H and O–H groups in total. The fourth-order valence-corrected chi connectivity index (χ4v) is 1.57. The van der Waals surface area contributed by atoms with E-state index in [1.165, 1.54) is 6.08 Å². The molecule has 0 amide bonds. The van der Waals surface area contributed by atoms with Gasteiger partial charge in [-0.15, -0.1) is 0 Å². The second kappa shape index (κ2) is 7.24. The summed E-state index contributed by atoms with van der Waals surface area (Å²) in [6, 6.07) is 5.34. The average molecular weight is 285 g/mol. The first kappa shape index (κ1) is 14.8. The molecule has 1 aromatic carbocycles. The maximum atomic E-state index is 11.2. The Morgan fingerprint density at radius 2 is 2.06 bits per heavy atom. The van der Waals surface area contributed by atoms with Gasteiger partial charge in [0.15, 0.2) is 0 Å². The van der Waals surface area contributed by atoms with Gasteiger partial charge in [0, 0.05) is 6.08 Å². The van der Waals surface area contributed by atoms with Crippen LogP contribution in [0, 0.1) is 0 Å². The Kier molecular flexibility index (Phi) is 5.96. The van der Waals surface area contributed by atoms with E-state index < -0.39 is 0 Å². The molecule has 96 valence electrons. The minimum Gasteiger partial charge on any atom is -0.463 e. The smallest absolute Gasteiger partial charge is 0.330 e. The molecule has 0 aliphatic rings. The van der Waals surface area contributed by atoms with Gasteiger partial charge in [0.05, 0.1) is 16.7 Å². The van der Waals surface area contributed by atoms with Gasteiger partial charge >= 0.3 is 5.97 Å². The zero-order valence-corrected chi connectivity index (χ0v) is 11.8. The molecule has 0 aliphatic carbocycles. The number of rotatable bonds is 4. The predicted molar refractivity (Wildman–Crippen MR) is 75.9 cm³/mol. The number of carbonyl (C=O) groups excluding carboxylic acids is 1. The predicted octanol–water partition coefficient (Wildman–Crippen LogP) is 4.52. The largest absolute Gasteiger partial charge is 0.463 e. The summed E-state index contributed by atoms with van der Waals surface area (Å²) in [5.41, 5.74) is 1.72. The summed E-state index contributed by atoms with van der Waals surface area (Å²) in [6.07, 6.45) is 5.11. The lowest BCUT2D eigenvalue weighted by Gasteiger charge is -1.98. The van der Waals surface area contributed by atoms with Gasteiger partial charge in [-0.05, 0) is 37.1 Å². The number of carbonyl (C=O) groups is 1. The van der Waals surface area contributed by atoms with Gasteiger partial charge in [-0.3, -0.25) is 0 Å². The highest BCUT2D eigenvalue weighted by atomic mass is 35.5. The van der Waals surface area contributed by atoms with Gasteiger partial charge in [-0.2, -0.15) is 0 Å². The van der Waals surface area contributed by atoms with Crippen LogP contribution in [-0.4, -0.2) is 12.6 Å². The highest BCUT2D eigenvalue weighted by molar-refractivity contribution is 6.42. The molecule has 0 heterocycles. The van der Waals surface area contributed by atoms with Crippen LogP contribution in [0.5, 0.6) is 0 Å². The molecule has 0 radical (unpaired) electrons. The van der Waals surface area contributed by atoms with Crippen molar-refractivity contribution in [1.29, 1.82) is 0 Å². The summed E-state index contributed by atoms with van der Waals surface area (Å²) < 4.78 is 4.81. The van der Waals surface area contributed by atoms with E-state index in [4.69, 9.17) is 27.9 Å². The lowest BCUT2D eigenvalue weighted by atomic mass is 10.1. The lowest BCUT2D eigenvalue weighted by molar-refractivity contribution is -0.137. The molecule has 0 aliphatic heterocycles. The molecule has 1 rings (SSSR count). The summed E-state index contributed by atoms with van der Waals surface area (Å²) in [7, 11) is 0. The SMILES string of the molecule is CCOC(=O)C=C(C)C=Cc1ccc(Cl)c(Cl)c1. The van der Waals surface area contributed by atoms with Crippen molar-refractivity contribution in [2.45, 2.75) is 13.8 Å². The van der Waals surface area contributed by atoms with E-state index in [0.717, 1.165) is 11.1 Å². The highest BCUT2D eigenvalue weighted by Gasteiger charge is 1.98. The Morgan fingerprint density at radius 1 is 1.33 bits per heavy atom. The normalized spacial score (nSPS) is 11.9. The zero-order chi connectivity index (χ0) is 13.5. The van der Waals surface area contributed by atoms with Crippen LogP contribution in [-0.2, 0) is 9.53 Å². The lowest BCUT2D eigenvalue weighted by Crippen LogP contribution is -1.99. The van der Waals surface area contributed by atoms with Gasteiger partial charge in [-0.25, -0.2) is 4.79 Å². The van der Waals surface area contributed by atoms with Crippen LogP contribution in [0.1, 0.15) is 19.4 Å². The molecule has 4 heteroatoms. The van der Waals surface area contributed by atoms with Crippen LogP contribution >= 0.6 is 23.2 Å². The van der Waals surface area contributed by atoms with E-state index in [0.29, 0.717) is 16.7 Å². The average Bonchev–Trinajstić information content (AvgIpc) is 2.31. The Bertz CT molecular complexity index is 491. The highest BCUT2D eigenvalue weighted by Crippen LogP contribution is 2.23. The monoisotopic (exact) mass is 284 g/mol. The van der Waals surface area contributed by atoms with Crippen molar-refractivity contribution in [2.75, 3.05) is 6.61 Å². The van der Waals surface area contributed by atoms with Crippen molar-refractivity contribution in [3.8, 4) is 0 Å². The maximum absolute atomic E-state index is 11.2. The zero-order valence-electron chi connectivity index (χ0n) is 10.2. The molecule has 0 atom stereocenters.